The summed E-state index contributed by atoms with van der Waals surface area (Å²) in [6, 6.07) is 0. The minimum absolute atomic E-state index is 0.166. The van der Waals surface area contributed by atoms with E-state index in [2.05, 4.69) is 5.32 Å². The van der Waals surface area contributed by atoms with E-state index in [9.17, 15) is 4.79 Å². The van der Waals surface area contributed by atoms with Gasteiger partial charge in [-0.05, 0) is 5.92 Å². The summed E-state index contributed by atoms with van der Waals surface area (Å²) in [6.45, 7) is 2.28. The minimum Gasteiger partial charge on any atom is -0.368 e. The van der Waals surface area contributed by atoms with Gasteiger partial charge in [-0.25, -0.2) is 0 Å². The molecule has 0 spiro atoms. The van der Waals surface area contributed by atoms with Crippen molar-refractivity contribution in [1.29, 1.82) is 0 Å². The molecule has 3 heteroatoms. The van der Waals surface area contributed by atoms with E-state index in [1.54, 1.807) is 0 Å². The SMILES string of the molecule is O=C(CC1CCCCC1)C1CNCCO1. The molecule has 15 heavy (non-hydrogen) atoms. The van der Waals surface area contributed by atoms with Crippen molar-refractivity contribution in [2.24, 2.45) is 5.92 Å². The summed E-state index contributed by atoms with van der Waals surface area (Å²) >= 11 is 0. The van der Waals surface area contributed by atoms with Crippen LogP contribution < -0.4 is 5.32 Å². The van der Waals surface area contributed by atoms with Crippen LogP contribution in [0.25, 0.3) is 0 Å². The Hall–Kier alpha value is -0.410. The Balaban J connectivity index is 1.74. The molecule has 2 fully saturated rings. The monoisotopic (exact) mass is 211 g/mol. The number of Topliss-reactive ketones (excluding diaryl/α,β-unsaturated/α-hetero) is 1. The van der Waals surface area contributed by atoms with Gasteiger partial charge in [-0.1, -0.05) is 32.1 Å². The van der Waals surface area contributed by atoms with Crippen LogP contribution in [-0.4, -0.2) is 31.6 Å². The summed E-state index contributed by atoms with van der Waals surface area (Å²) in [4.78, 5) is 11.9. The first kappa shape index (κ1) is 11.1. The summed E-state index contributed by atoms with van der Waals surface area (Å²) in [5.41, 5.74) is 0. The van der Waals surface area contributed by atoms with Crippen molar-refractivity contribution in [3.8, 4) is 0 Å². The van der Waals surface area contributed by atoms with Crippen molar-refractivity contribution < 1.29 is 9.53 Å². The Kier molecular flexibility index (Phi) is 4.15. The second-order valence-electron chi connectivity index (χ2n) is 4.74. The molecule has 0 aromatic heterocycles. The van der Waals surface area contributed by atoms with Crippen LogP contribution in [0, 0.1) is 5.92 Å². The molecule has 2 aliphatic rings. The molecule has 1 aliphatic heterocycles. The molecule has 1 heterocycles. The van der Waals surface area contributed by atoms with E-state index in [-0.39, 0.29) is 6.10 Å². The van der Waals surface area contributed by atoms with Gasteiger partial charge in [-0.3, -0.25) is 4.79 Å². The lowest BCUT2D eigenvalue weighted by Gasteiger charge is -2.26. The van der Waals surface area contributed by atoms with Crippen LogP contribution in [0.15, 0.2) is 0 Å². The van der Waals surface area contributed by atoms with Crippen LogP contribution in [0.1, 0.15) is 38.5 Å². The third-order valence-electron chi connectivity index (χ3n) is 3.50. The van der Waals surface area contributed by atoms with Crippen LogP contribution in [0.4, 0.5) is 0 Å². The third-order valence-corrected chi connectivity index (χ3v) is 3.50. The number of ether oxygens (including phenoxy) is 1. The fourth-order valence-corrected chi connectivity index (χ4v) is 2.58. The number of morpholine rings is 1. The second-order valence-corrected chi connectivity index (χ2v) is 4.74. The molecule has 1 saturated carbocycles. The average Bonchev–Trinajstić information content (AvgIpc) is 2.31. The van der Waals surface area contributed by atoms with E-state index in [0.29, 0.717) is 24.9 Å². The number of carbonyl (C=O) groups excluding carboxylic acids is 1. The normalized spacial score (nSPS) is 28.9. The highest BCUT2D eigenvalue weighted by molar-refractivity contribution is 5.83. The van der Waals surface area contributed by atoms with Crippen LogP contribution in [0.3, 0.4) is 0 Å². The number of hydrogen-bond acceptors (Lipinski definition) is 3. The number of hydrogen-bond donors (Lipinski definition) is 1. The molecule has 0 radical (unpaired) electrons. The van der Waals surface area contributed by atoms with Gasteiger partial charge >= 0.3 is 0 Å². The highest BCUT2D eigenvalue weighted by Crippen LogP contribution is 2.27. The van der Waals surface area contributed by atoms with Crippen molar-refractivity contribution in [3.05, 3.63) is 0 Å². The third kappa shape index (κ3) is 3.28. The largest absolute Gasteiger partial charge is 0.368 e. The van der Waals surface area contributed by atoms with E-state index in [1.165, 1.54) is 32.1 Å². The van der Waals surface area contributed by atoms with E-state index >= 15 is 0 Å². The summed E-state index contributed by atoms with van der Waals surface area (Å²) < 4.78 is 5.47. The average molecular weight is 211 g/mol. The van der Waals surface area contributed by atoms with Gasteiger partial charge in [-0.2, -0.15) is 0 Å². The van der Waals surface area contributed by atoms with Gasteiger partial charge in [0, 0.05) is 19.5 Å². The fraction of sp³-hybridized carbons (Fsp3) is 0.917. The number of rotatable bonds is 3. The van der Waals surface area contributed by atoms with Crippen molar-refractivity contribution in [1.82, 2.24) is 5.32 Å². The van der Waals surface area contributed by atoms with Crippen molar-refractivity contribution >= 4 is 5.78 Å². The van der Waals surface area contributed by atoms with Crippen LogP contribution in [0.2, 0.25) is 0 Å². The first-order chi connectivity index (χ1) is 7.36. The molecule has 0 aromatic rings. The molecule has 1 unspecified atom stereocenters. The number of carbonyl (C=O) groups is 1. The Labute approximate surface area is 91.6 Å². The fourth-order valence-electron chi connectivity index (χ4n) is 2.58. The van der Waals surface area contributed by atoms with Gasteiger partial charge in [0.2, 0.25) is 0 Å². The predicted molar refractivity (Wildman–Crippen MR) is 58.8 cm³/mol. The summed E-state index contributed by atoms with van der Waals surface area (Å²) in [5, 5.41) is 3.21. The van der Waals surface area contributed by atoms with Gasteiger partial charge in [-0.15, -0.1) is 0 Å². The molecule has 0 bridgehead atoms. The van der Waals surface area contributed by atoms with Crippen molar-refractivity contribution in [2.75, 3.05) is 19.7 Å². The van der Waals surface area contributed by atoms with Gasteiger partial charge in [0.1, 0.15) is 6.10 Å². The molecular weight excluding hydrogens is 190 g/mol. The summed E-state index contributed by atoms with van der Waals surface area (Å²) in [6.07, 6.45) is 7.03. The first-order valence-electron chi connectivity index (χ1n) is 6.21. The second kappa shape index (κ2) is 5.61. The lowest BCUT2D eigenvalue weighted by molar-refractivity contribution is -0.133. The van der Waals surface area contributed by atoms with Gasteiger partial charge < -0.3 is 10.1 Å². The smallest absolute Gasteiger partial charge is 0.163 e. The van der Waals surface area contributed by atoms with Gasteiger partial charge in [0.05, 0.1) is 6.61 Å². The highest BCUT2D eigenvalue weighted by Gasteiger charge is 2.25. The molecule has 2 rings (SSSR count). The van der Waals surface area contributed by atoms with Crippen molar-refractivity contribution in [3.63, 3.8) is 0 Å². The number of nitrogens with one attached hydrogen (secondary N) is 1. The molecule has 1 aliphatic carbocycles. The van der Waals surface area contributed by atoms with Crippen LogP contribution in [0.5, 0.6) is 0 Å². The van der Waals surface area contributed by atoms with Gasteiger partial charge in [0.15, 0.2) is 5.78 Å². The number of ketones is 1. The van der Waals surface area contributed by atoms with Crippen LogP contribution in [-0.2, 0) is 9.53 Å². The highest BCUT2D eigenvalue weighted by atomic mass is 16.5. The zero-order chi connectivity index (χ0) is 10.5. The molecule has 1 saturated heterocycles. The lowest BCUT2D eigenvalue weighted by atomic mass is 9.85. The maximum Gasteiger partial charge on any atom is 0.163 e. The Morgan fingerprint density at radius 3 is 2.73 bits per heavy atom. The molecule has 0 aromatic carbocycles. The zero-order valence-corrected chi connectivity index (χ0v) is 9.34. The standard InChI is InChI=1S/C12H21NO2/c14-11(12-9-13-6-7-15-12)8-10-4-2-1-3-5-10/h10,12-13H,1-9H2. The van der Waals surface area contributed by atoms with Crippen LogP contribution >= 0.6 is 0 Å². The predicted octanol–water partition coefficient (Wildman–Crippen LogP) is 1.51. The molecule has 1 atom stereocenters. The molecular formula is C12H21NO2. The quantitative estimate of drug-likeness (QED) is 0.769. The van der Waals surface area contributed by atoms with E-state index < -0.39 is 0 Å². The Bertz CT molecular complexity index is 206. The Morgan fingerprint density at radius 1 is 1.27 bits per heavy atom. The van der Waals surface area contributed by atoms with E-state index in [4.69, 9.17) is 4.74 Å². The zero-order valence-electron chi connectivity index (χ0n) is 9.34. The van der Waals surface area contributed by atoms with Crippen molar-refractivity contribution in [2.45, 2.75) is 44.6 Å². The molecule has 1 N–H and O–H groups in total. The maximum absolute atomic E-state index is 11.9. The molecule has 86 valence electrons. The maximum atomic E-state index is 11.9. The van der Waals surface area contributed by atoms with E-state index in [1.807, 2.05) is 0 Å². The summed E-state index contributed by atoms with van der Waals surface area (Å²) in [7, 11) is 0. The minimum atomic E-state index is -0.166. The topological polar surface area (TPSA) is 38.3 Å². The lowest BCUT2D eigenvalue weighted by Crippen LogP contribution is -2.43. The van der Waals surface area contributed by atoms with Gasteiger partial charge in [0.25, 0.3) is 0 Å². The molecule has 0 amide bonds. The molecule has 3 nitrogen and oxygen atoms in total. The summed E-state index contributed by atoms with van der Waals surface area (Å²) in [5.74, 6) is 0.950. The first-order valence-corrected chi connectivity index (χ1v) is 6.21. The van der Waals surface area contributed by atoms with E-state index in [0.717, 1.165) is 13.0 Å². The Morgan fingerprint density at radius 2 is 2.07 bits per heavy atom.